The van der Waals surface area contributed by atoms with E-state index in [1.807, 2.05) is 0 Å². The number of alkyl halides is 3. The van der Waals surface area contributed by atoms with Crippen LogP contribution >= 0.6 is 0 Å². The zero-order chi connectivity index (χ0) is 14.6. The molecule has 5 nitrogen and oxygen atoms in total. The summed E-state index contributed by atoms with van der Waals surface area (Å²) in [6.45, 7) is 0.215. The standard InChI is InChI=1S/C12H9F3N4O/c13-12(14,15)11-2-1-8(4-17-11)10-3-9(5-16-7-20)18-6-19-10/h1-4,6-7H,5H2,(H,16,20). The van der Waals surface area contributed by atoms with Crippen LogP contribution in [-0.4, -0.2) is 21.4 Å². The van der Waals surface area contributed by atoms with E-state index in [4.69, 9.17) is 0 Å². The molecule has 0 aliphatic carbocycles. The molecule has 2 rings (SSSR count). The quantitative estimate of drug-likeness (QED) is 0.868. The molecular weight excluding hydrogens is 273 g/mol. The van der Waals surface area contributed by atoms with E-state index < -0.39 is 11.9 Å². The number of hydrogen-bond donors (Lipinski definition) is 1. The molecule has 2 aromatic rings. The largest absolute Gasteiger partial charge is 0.433 e. The van der Waals surface area contributed by atoms with Crippen molar-refractivity contribution in [1.82, 2.24) is 20.3 Å². The summed E-state index contributed by atoms with van der Waals surface area (Å²) in [5, 5.41) is 2.44. The summed E-state index contributed by atoms with van der Waals surface area (Å²) < 4.78 is 37.2. The van der Waals surface area contributed by atoms with Gasteiger partial charge in [-0.2, -0.15) is 13.2 Å². The van der Waals surface area contributed by atoms with Gasteiger partial charge in [-0.05, 0) is 18.2 Å². The number of carbonyl (C=O) groups excluding carboxylic acids is 1. The van der Waals surface area contributed by atoms with Gasteiger partial charge in [-0.3, -0.25) is 9.78 Å². The molecule has 0 saturated heterocycles. The molecule has 0 spiro atoms. The SMILES string of the molecule is O=CNCc1cc(-c2ccc(C(F)(F)F)nc2)ncn1. The molecule has 0 fully saturated rings. The molecule has 8 heteroatoms. The lowest BCUT2D eigenvalue weighted by molar-refractivity contribution is -0.141. The molecule has 0 saturated carbocycles. The van der Waals surface area contributed by atoms with Gasteiger partial charge >= 0.3 is 6.18 Å². The van der Waals surface area contributed by atoms with Crippen LogP contribution in [0.15, 0.2) is 30.7 Å². The molecule has 0 atom stereocenters. The molecule has 104 valence electrons. The Kier molecular flexibility index (Phi) is 3.92. The maximum Gasteiger partial charge on any atom is 0.433 e. The first-order chi connectivity index (χ1) is 9.50. The van der Waals surface area contributed by atoms with Crippen molar-refractivity contribution in [2.45, 2.75) is 12.7 Å². The Morgan fingerprint density at radius 2 is 2.00 bits per heavy atom. The lowest BCUT2D eigenvalue weighted by atomic mass is 10.1. The third kappa shape index (κ3) is 3.28. The summed E-state index contributed by atoms with van der Waals surface area (Å²) in [6, 6.07) is 3.75. The number of nitrogens with zero attached hydrogens (tertiary/aromatic N) is 3. The third-order valence-electron chi connectivity index (χ3n) is 2.44. The molecular formula is C12H9F3N4O. The van der Waals surface area contributed by atoms with E-state index >= 15 is 0 Å². The number of pyridine rings is 1. The lowest BCUT2D eigenvalue weighted by Crippen LogP contribution is -2.11. The molecule has 2 aromatic heterocycles. The maximum atomic E-state index is 12.4. The van der Waals surface area contributed by atoms with E-state index in [2.05, 4.69) is 20.3 Å². The zero-order valence-electron chi connectivity index (χ0n) is 10.1. The Labute approximate surface area is 111 Å². The maximum absolute atomic E-state index is 12.4. The van der Waals surface area contributed by atoms with Crippen LogP contribution in [-0.2, 0) is 17.5 Å². The minimum Gasteiger partial charge on any atom is -0.353 e. The van der Waals surface area contributed by atoms with Crippen molar-refractivity contribution in [3.8, 4) is 11.3 Å². The average molecular weight is 282 g/mol. The van der Waals surface area contributed by atoms with E-state index in [1.165, 1.54) is 12.4 Å². The van der Waals surface area contributed by atoms with Crippen LogP contribution in [0.5, 0.6) is 0 Å². The minimum atomic E-state index is -4.47. The van der Waals surface area contributed by atoms with E-state index in [-0.39, 0.29) is 6.54 Å². The van der Waals surface area contributed by atoms with Gasteiger partial charge in [0.05, 0.1) is 17.9 Å². The summed E-state index contributed by atoms with van der Waals surface area (Å²) in [5.41, 5.74) is 0.455. The normalized spacial score (nSPS) is 11.2. The second-order valence-electron chi connectivity index (χ2n) is 3.82. The summed E-state index contributed by atoms with van der Waals surface area (Å²) in [6.07, 6.45) is -1.57. The number of aromatic nitrogens is 3. The fraction of sp³-hybridized carbons (Fsp3) is 0.167. The van der Waals surface area contributed by atoms with Gasteiger partial charge in [0.2, 0.25) is 6.41 Å². The molecule has 0 unspecified atom stereocenters. The highest BCUT2D eigenvalue weighted by molar-refractivity contribution is 5.58. The van der Waals surface area contributed by atoms with E-state index in [9.17, 15) is 18.0 Å². The van der Waals surface area contributed by atoms with Crippen LogP contribution in [0.2, 0.25) is 0 Å². The fourth-order valence-electron chi connectivity index (χ4n) is 1.51. The monoisotopic (exact) mass is 282 g/mol. The number of amides is 1. The molecule has 1 amide bonds. The van der Waals surface area contributed by atoms with E-state index in [0.29, 0.717) is 23.4 Å². The number of carbonyl (C=O) groups is 1. The first-order valence-electron chi connectivity index (χ1n) is 5.52. The van der Waals surface area contributed by atoms with Crippen LogP contribution in [0, 0.1) is 0 Å². The Balaban J connectivity index is 2.25. The molecule has 0 radical (unpaired) electrons. The van der Waals surface area contributed by atoms with Gasteiger partial charge in [-0.15, -0.1) is 0 Å². The molecule has 2 heterocycles. The van der Waals surface area contributed by atoms with Crippen molar-refractivity contribution in [3.05, 3.63) is 42.1 Å². The molecule has 0 aromatic carbocycles. The Bertz CT molecular complexity index is 598. The van der Waals surface area contributed by atoms with Crippen molar-refractivity contribution >= 4 is 6.41 Å². The van der Waals surface area contributed by atoms with Crippen LogP contribution in [0.4, 0.5) is 13.2 Å². The van der Waals surface area contributed by atoms with Crippen molar-refractivity contribution in [2.24, 2.45) is 0 Å². The highest BCUT2D eigenvalue weighted by atomic mass is 19.4. The smallest absolute Gasteiger partial charge is 0.353 e. The van der Waals surface area contributed by atoms with Gasteiger partial charge in [0.15, 0.2) is 0 Å². The van der Waals surface area contributed by atoms with Crippen molar-refractivity contribution < 1.29 is 18.0 Å². The first kappa shape index (κ1) is 13.9. The van der Waals surface area contributed by atoms with E-state index in [1.54, 1.807) is 6.07 Å². The first-order valence-corrected chi connectivity index (χ1v) is 5.52. The van der Waals surface area contributed by atoms with Gasteiger partial charge in [0.1, 0.15) is 12.0 Å². The second-order valence-corrected chi connectivity index (χ2v) is 3.82. The summed E-state index contributed by atoms with van der Waals surface area (Å²) in [5.74, 6) is 0. The summed E-state index contributed by atoms with van der Waals surface area (Å²) >= 11 is 0. The molecule has 1 N–H and O–H groups in total. The van der Waals surface area contributed by atoms with Crippen LogP contribution in [0.3, 0.4) is 0 Å². The molecule has 0 aliphatic heterocycles. The minimum absolute atomic E-state index is 0.215. The molecule has 0 aliphatic rings. The summed E-state index contributed by atoms with van der Waals surface area (Å²) in [7, 11) is 0. The van der Waals surface area contributed by atoms with Crippen molar-refractivity contribution in [1.29, 1.82) is 0 Å². The van der Waals surface area contributed by atoms with E-state index in [0.717, 1.165) is 12.3 Å². The Hall–Kier alpha value is -2.51. The second kappa shape index (κ2) is 5.64. The Morgan fingerprint density at radius 3 is 2.60 bits per heavy atom. The van der Waals surface area contributed by atoms with Gasteiger partial charge in [-0.1, -0.05) is 0 Å². The number of halogens is 3. The highest BCUT2D eigenvalue weighted by Gasteiger charge is 2.32. The molecule has 20 heavy (non-hydrogen) atoms. The lowest BCUT2D eigenvalue weighted by Gasteiger charge is -2.07. The number of hydrogen-bond acceptors (Lipinski definition) is 4. The van der Waals surface area contributed by atoms with Gasteiger partial charge in [0, 0.05) is 11.8 Å². The Morgan fingerprint density at radius 1 is 1.20 bits per heavy atom. The number of rotatable bonds is 4. The van der Waals surface area contributed by atoms with Crippen LogP contribution < -0.4 is 5.32 Å². The summed E-state index contributed by atoms with van der Waals surface area (Å²) in [4.78, 5) is 21.4. The van der Waals surface area contributed by atoms with Crippen molar-refractivity contribution in [3.63, 3.8) is 0 Å². The highest BCUT2D eigenvalue weighted by Crippen LogP contribution is 2.28. The fourth-order valence-corrected chi connectivity index (χ4v) is 1.51. The van der Waals surface area contributed by atoms with Gasteiger partial charge < -0.3 is 5.32 Å². The van der Waals surface area contributed by atoms with Crippen LogP contribution in [0.25, 0.3) is 11.3 Å². The predicted octanol–water partition coefficient (Wildman–Crippen LogP) is 1.80. The topological polar surface area (TPSA) is 67.8 Å². The average Bonchev–Trinajstić information content (AvgIpc) is 2.45. The van der Waals surface area contributed by atoms with Crippen molar-refractivity contribution in [2.75, 3.05) is 0 Å². The van der Waals surface area contributed by atoms with Gasteiger partial charge in [-0.25, -0.2) is 9.97 Å². The number of nitrogens with one attached hydrogen (secondary N) is 1. The predicted molar refractivity (Wildman–Crippen MR) is 63.2 cm³/mol. The van der Waals surface area contributed by atoms with Gasteiger partial charge in [0.25, 0.3) is 0 Å². The van der Waals surface area contributed by atoms with Crippen LogP contribution in [0.1, 0.15) is 11.4 Å². The third-order valence-corrected chi connectivity index (χ3v) is 2.44. The zero-order valence-corrected chi connectivity index (χ0v) is 10.1. The molecule has 0 bridgehead atoms.